The van der Waals surface area contributed by atoms with Crippen LogP contribution in [0.15, 0.2) is 115 Å². The number of anilines is 1. The second-order valence-corrected chi connectivity index (χ2v) is 12.9. The number of aromatic hydroxyl groups is 2. The van der Waals surface area contributed by atoms with Gasteiger partial charge in [-0.1, -0.05) is 84.9 Å². The zero-order chi connectivity index (χ0) is 37.1. The highest BCUT2D eigenvalue weighted by atomic mass is 16.5. The van der Waals surface area contributed by atoms with Crippen LogP contribution >= 0.6 is 0 Å². The number of phenols is 2. The van der Waals surface area contributed by atoms with Crippen molar-refractivity contribution in [2.45, 2.75) is 19.8 Å². The molecule has 0 saturated carbocycles. The van der Waals surface area contributed by atoms with Crippen molar-refractivity contribution in [1.82, 2.24) is 0 Å². The first-order chi connectivity index (χ1) is 25.0. The first-order valence-electron chi connectivity index (χ1n) is 16.7. The molecular weight excluding hydrogens is 654 g/mol. The Kier molecular flexibility index (Phi) is 10.0. The smallest absolute Gasteiger partial charge is 0.339 e. The molecule has 7 aromatic rings. The number of nitrogens with zero attached hydrogens (tertiary/aromatic N) is 1. The number of benzene rings is 7. The van der Waals surface area contributed by atoms with Crippen LogP contribution in [0.1, 0.15) is 48.5 Å². The van der Waals surface area contributed by atoms with Gasteiger partial charge in [0, 0.05) is 49.3 Å². The summed E-state index contributed by atoms with van der Waals surface area (Å²) in [6, 6.07) is 36.1. The number of carboxylic acid groups (broad SMARTS) is 2. The Bertz CT molecular complexity index is 2380. The van der Waals surface area contributed by atoms with E-state index in [4.69, 9.17) is 4.74 Å². The Hall–Kier alpha value is -6.54. The van der Waals surface area contributed by atoms with E-state index in [0.29, 0.717) is 32.7 Å². The first kappa shape index (κ1) is 35.3. The number of rotatable bonds is 8. The summed E-state index contributed by atoms with van der Waals surface area (Å²) in [7, 11) is 5.89. The van der Waals surface area contributed by atoms with E-state index < -0.39 is 23.4 Å². The summed E-state index contributed by atoms with van der Waals surface area (Å²) in [5, 5.41) is 45.3. The van der Waals surface area contributed by atoms with Gasteiger partial charge in [-0.2, -0.15) is 0 Å². The molecule has 0 aliphatic heterocycles. The number of fused-ring (bicyclic) bond motifs is 3. The summed E-state index contributed by atoms with van der Waals surface area (Å²) in [6.45, 7) is 2.18. The zero-order valence-electron chi connectivity index (χ0n) is 29.3. The average Bonchev–Trinajstić information content (AvgIpc) is 3.14. The quantitative estimate of drug-likeness (QED) is 0.124. The molecule has 262 valence electrons. The minimum atomic E-state index is -1.28. The van der Waals surface area contributed by atoms with Gasteiger partial charge in [-0.05, 0) is 80.7 Å². The van der Waals surface area contributed by atoms with E-state index >= 15 is 0 Å². The van der Waals surface area contributed by atoms with Gasteiger partial charge in [0.15, 0.2) is 0 Å². The van der Waals surface area contributed by atoms with Crippen molar-refractivity contribution in [3.8, 4) is 17.2 Å². The monoisotopic (exact) mass is 693 g/mol. The predicted molar refractivity (Wildman–Crippen MR) is 207 cm³/mol. The summed E-state index contributed by atoms with van der Waals surface area (Å²) in [5.74, 6) is -2.40. The van der Waals surface area contributed by atoms with Crippen LogP contribution < -0.4 is 9.64 Å². The fourth-order valence-corrected chi connectivity index (χ4v) is 6.72. The van der Waals surface area contributed by atoms with Gasteiger partial charge < -0.3 is 30.1 Å². The maximum atomic E-state index is 11.6. The molecule has 0 fully saturated rings. The summed E-state index contributed by atoms with van der Waals surface area (Å²) in [4.78, 5) is 25.3. The summed E-state index contributed by atoms with van der Waals surface area (Å²) in [5.41, 5.74) is 5.25. The predicted octanol–water partition coefficient (Wildman–Crippen LogP) is 9.21. The van der Waals surface area contributed by atoms with Gasteiger partial charge in [-0.25, -0.2) is 9.59 Å². The number of carbonyl (C=O) groups is 2. The van der Waals surface area contributed by atoms with E-state index in [9.17, 15) is 30.0 Å². The second kappa shape index (κ2) is 14.7. The molecule has 7 rings (SSSR count). The highest BCUT2D eigenvalue weighted by Crippen LogP contribution is 2.39. The molecule has 0 saturated heterocycles. The topological polar surface area (TPSA) is 128 Å². The van der Waals surface area contributed by atoms with Crippen molar-refractivity contribution in [2.24, 2.45) is 0 Å². The number of ether oxygens (including phenoxy) is 1. The summed E-state index contributed by atoms with van der Waals surface area (Å²) in [6.07, 6.45) is 0.838. The van der Waals surface area contributed by atoms with Crippen LogP contribution in [0.2, 0.25) is 0 Å². The van der Waals surface area contributed by atoms with Crippen molar-refractivity contribution in [1.29, 1.82) is 0 Å². The van der Waals surface area contributed by atoms with E-state index in [2.05, 4.69) is 80.5 Å². The van der Waals surface area contributed by atoms with Gasteiger partial charge in [0.1, 0.15) is 28.4 Å². The van der Waals surface area contributed by atoms with E-state index in [1.165, 1.54) is 45.3 Å². The number of carboxylic acids is 2. The first-order valence-corrected chi connectivity index (χ1v) is 16.7. The molecule has 0 atom stereocenters. The third-order valence-electron chi connectivity index (χ3n) is 9.50. The molecule has 4 N–H and O–H groups in total. The average molecular weight is 694 g/mol. The van der Waals surface area contributed by atoms with Gasteiger partial charge in [0.05, 0.1) is 7.11 Å². The molecule has 8 heteroatoms. The second-order valence-electron chi connectivity index (χ2n) is 12.9. The van der Waals surface area contributed by atoms with E-state index in [0.717, 1.165) is 12.2 Å². The van der Waals surface area contributed by atoms with Gasteiger partial charge in [-0.15, -0.1) is 0 Å². The normalized spacial score (nSPS) is 10.9. The molecule has 0 heterocycles. The third kappa shape index (κ3) is 6.91. The van der Waals surface area contributed by atoms with Crippen molar-refractivity contribution in [3.63, 3.8) is 0 Å². The van der Waals surface area contributed by atoms with Crippen molar-refractivity contribution < 1.29 is 34.8 Å². The minimum Gasteiger partial charge on any atom is -0.507 e. The molecule has 0 unspecified atom stereocenters. The highest BCUT2D eigenvalue weighted by molar-refractivity contribution is 6.02. The number of aryl methyl sites for hydroxylation is 1. The standard InChI is InChI=1S/C23H16O6.C21H23NO/c24-20-16(14-7-3-1-5-12(14)9-18(20)22(26)27)11-17-15-8-4-2-6-13(15)10-19(21(17)25)23(28)29;1-15-13-18(22(2)3)11-9-17(15)14-20-19-8-6-5-7-16(19)10-12-21(20)23-4/h1-10,24-25H,11H2,(H,26,27)(H,28,29);5-13H,14H2,1-4H3. The number of methoxy groups -OCH3 is 1. The van der Waals surface area contributed by atoms with Gasteiger partial charge in [-0.3, -0.25) is 0 Å². The molecular formula is C44H39NO7. The van der Waals surface area contributed by atoms with Crippen molar-refractivity contribution in [3.05, 3.63) is 154 Å². The maximum absolute atomic E-state index is 11.6. The Labute approximate surface area is 301 Å². The third-order valence-corrected chi connectivity index (χ3v) is 9.50. The molecule has 0 aliphatic rings. The molecule has 0 spiro atoms. The van der Waals surface area contributed by atoms with Crippen molar-refractivity contribution >= 4 is 49.9 Å². The highest BCUT2D eigenvalue weighted by Gasteiger charge is 2.22. The molecule has 52 heavy (non-hydrogen) atoms. The van der Waals surface area contributed by atoms with Crippen LogP contribution in [0.4, 0.5) is 5.69 Å². The minimum absolute atomic E-state index is 0.0407. The van der Waals surface area contributed by atoms with Crippen LogP contribution in [0.5, 0.6) is 17.2 Å². The van der Waals surface area contributed by atoms with Crippen LogP contribution in [0.3, 0.4) is 0 Å². The lowest BCUT2D eigenvalue weighted by Crippen LogP contribution is -2.09. The maximum Gasteiger partial charge on any atom is 0.339 e. The van der Waals surface area contributed by atoms with Gasteiger partial charge in [0.2, 0.25) is 0 Å². The van der Waals surface area contributed by atoms with E-state index in [-0.39, 0.29) is 17.5 Å². The fourth-order valence-electron chi connectivity index (χ4n) is 6.72. The Morgan fingerprint density at radius 1 is 0.596 bits per heavy atom. The Morgan fingerprint density at radius 3 is 1.54 bits per heavy atom. The molecule has 7 aromatic carbocycles. The SMILES string of the molecule is COc1ccc2ccccc2c1Cc1ccc(N(C)C)cc1C.O=C(O)c1cc2ccccc2c(Cc2c(O)c(C(=O)O)cc3ccccc23)c1O. The summed E-state index contributed by atoms with van der Waals surface area (Å²) >= 11 is 0. The lowest BCUT2D eigenvalue weighted by atomic mass is 9.90. The zero-order valence-corrected chi connectivity index (χ0v) is 29.3. The number of hydrogen-bond donors (Lipinski definition) is 4. The molecule has 0 radical (unpaired) electrons. The fraction of sp³-hybridized carbons (Fsp3) is 0.136. The van der Waals surface area contributed by atoms with E-state index in [1.54, 1.807) is 55.6 Å². The molecule has 0 bridgehead atoms. The molecule has 8 nitrogen and oxygen atoms in total. The van der Waals surface area contributed by atoms with Crippen molar-refractivity contribution in [2.75, 3.05) is 26.1 Å². The summed E-state index contributed by atoms with van der Waals surface area (Å²) < 4.78 is 5.62. The number of hydrogen-bond acceptors (Lipinski definition) is 6. The molecule has 0 amide bonds. The van der Waals surface area contributed by atoms with Gasteiger partial charge >= 0.3 is 11.9 Å². The molecule has 0 aromatic heterocycles. The van der Waals surface area contributed by atoms with Crippen LogP contribution in [-0.2, 0) is 12.8 Å². The lowest BCUT2D eigenvalue weighted by molar-refractivity contribution is 0.0682. The Balaban J connectivity index is 0.000000183. The number of aromatic carboxylic acids is 2. The largest absolute Gasteiger partial charge is 0.507 e. The van der Waals surface area contributed by atoms with Crippen LogP contribution in [0.25, 0.3) is 32.3 Å². The Morgan fingerprint density at radius 2 is 1.08 bits per heavy atom. The van der Waals surface area contributed by atoms with Crippen LogP contribution in [0, 0.1) is 6.92 Å². The molecule has 0 aliphatic carbocycles. The lowest BCUT2D eigenvalue weighted by Gasteiger charge is -2.17. The van der Waals surface area contributed by atoms with Crippen LogP contribution in [-0.4, -0.2) is 53.6 Å². The van der Waals surface area contributed by atoms with Gasteiger partial charge in [0.25, 0.3) is 0 Å². The van der Waals surface area contributed by atoms with E-state index in [1.807, 2.05) is 0 Å².